The van der Waals surface area contributed by atoms with Gasteiger partial charge < -0.3 is 0 Å². The molecule has 43 heavy (non-hydrogen) atoms. The van der Waals surface area contributed by atoms with Crippen LogP contribution in [0.5, 0.6) is 0 Å². The predicted molar refractivity (Wildman–Crippen MR) is 183 cm³/mol. The van der Waals surface area contributed by atoms with Gasteiger partial charge in [0, 0.05) is 0 Å². The van der Waals surface area contributed by atoms with Crippen molar-refractivity contribution in [2.75, 3.05) is 0 Å². The van der Waals surface area contributed by atoms with Gasteiger partial charge in [-0.05, 0) is 130 Å². The van der Waals surface area contributed by atoms with Crippen LogP contribution >= 0.6 is 0 Å². The van der Waals surface area contributed by atoms with E-state index in [0.717, 1.165) is 35.6 Å². The second-order valence-electron chi connectivity index (χ2n) is 13.4. The zero-order valence-corrected chi connectivity index (χ0v) is 29.1. The number of nitrogens with zero attached hydrogens (tertiary/aromatic N) is 4. The lowest BCUT2D eigenvalue weighted by Gasteiger charge is -2.18. The molecule has 4 heteroatoms. The van der Waals surface area contributed by atoms with Gasteiger partial charge in [-0.1, -0.05) is 89.1 Å². The van der Waals surface area contributed by atoms with Crippen LogP contribution < -0.4 is 0 Å². The minimum Gasteiger partial charge on any atom is -0.155 e. The van der Waals surface area contributed by atoms with Crippen molar-refractivity contribution < 1.29 is 0 Å². The summed E-state index contributed by atoms with van der Waals surface area (Å²) in [7, 11) is 0. The molecule has 0 radical (unpaired) electrons. The molecule has 0 unspecified atom stereocenters. The van der Waals surface area contributed by atoms with Crippen molar-refractivity contribution in [3.05, 3.63) is 115 Å². The van der Waals surface area contributed by atoms with E-state index in [0.29, 0.717) is 23.7 Å². The first-order valence-electron chi connectivity index (χ1n) is 16.0. The highest BCUT2D eigenvalue weighted by molar-refractivity contribution is 5.37. The summed E-state index contributed by atoms with van der Waals surface area (Å²) in [6, 6.07) is 15.6. The molecule has 230 valence electrons. The first kappa shape index (κ1) is 34.1. The van der Waals surface area contributed by atoms with E-state index in [2.05, 4.69) is 153 Å². The van der Waals surface area contributed by atoms with Gasteiger partial charge in [-0.25, -0.2) is 0 Å². The number of benzene rings is 2. The summed E-state index contributed by atoms with van der Waals surface area (Å²) >= 11 is 0. The van der Waals surface area contributed by atoms with Crippen LogP contribution in [-0.4, -0.2) is 20.4 Å². The first-order valence-corrected chi connectivity index (χ1v) is 16.0. The molecule has 0 aliphatic heterocycles. The molecule has 0 bridgehead atoms. The maximum Gasteiger partial charge on any atom is 0.0688 e. The molecular formula is C39H54N4. The largest absolute Gasteiger partial charge is 0.155 e. The maximum atomic E-state index is 4.52. The van der Waals surface area contributed by atoms with Crippen LogP contribution in [0.25, 0.3) is 0 Å². The van der Waals surface area contributed by atoms with Gasteiger partial charge in [0.2, 0.25) is 0 Å². The van der Waals surface area contributed by atoms with Crippen molar-refractivity contribution in [2.45, 2.75) is 127 Å². The number of aromatic nitrogens is 4. The standard InChI is InChI=1S/C20H28N2.C19H26N2/c1-12(2)20-17(7)16(6)19(21-22-20)11-15(5)18-9-8-13(3)10-14(18)4;1-12(2)18-11-16(6)19(21-20-18)10-15(5)17-8-7-13(3)9-14(17)4/h8-10,12,15H,11H2,1-7H3;7-9,11-12,15H,10H2,1-6H3/t2*15-/m11/s1. The molecule has 2 aromatic heterocycles. The van der Waals surface area contributed by atoms with Gasteiger partial charge >= 0.3 is 0 Å². The minimum atomic E-state index is 0.428. The van der Waals surface area contributed by atoms with E-state index in [9.17, 15) is 0 Å². The lowest BCUT2D eigenvalue weighted by atomic mass is 9.89. The SMILES string of the molecule is Cc1ccc([C@H](C)Cc2nnc(C(C)C)c(C)c2C)c(C)c1.Cc1ccc([C@H](C)Cc2nnc(C(C)C)cc2C)c(C)c1. The molecule has 0 saturated heterocycles. The summed E-state index contributed by atoms with van der Waals surface area (Å²) in [6.45, 7) is 28.4. The number of aryl methyl sites for hydroxylation is 5. The third kappa shape index (κ3) is 8.81. The molecule has 2 aromatic carbocycles. The Morgan fingerprint density at radius 2 is 0.977 bits per heavy atom. The fourth-order valence-corrected chi connectivity index (χ4v) is 5.99. The summed E-state index contributed by atoms with van der Waals surface area (Å²) in [5.41, 5.74) is 16.5. The van der Waals surface area contributed by atoms with Crippen LogP contribution in [0.15, 0.2) is 42.5 Å². The van der Waals surface area contributed by atoms with Crippen LogP contribution in [0.4, 0.5) is 0 Å². The molecule has 0 aliphatic rings. The average molecular weight is 579 g/mol. The van der Waals surface area contributed by atoms with E-state index in [1.165, 1.54) is 50.1 Å². The number of hydrogen-bond donors (Lipinski definition) is 0. The summed E-state index contributed by atoms with van der Waals surface area (Å²) in [4.78, 5) is 0. The zero-order chi connectivity index (χ0) is 32.0. The monoisotopic (exact) mass is 578 g/mol. The predicted octanol–water partition coefficient (Wildman–Crippen LogP) is 10.1. The molecule has 0 saturated carbocycles. The number of rotatable bonds is 8. The molecular weight excluding hydrogens is 524 g/mol. The van der Waals surface area contributed by atoms with Gasteiger partial charge in [0.15, 0.2) is 0 Å². The molecule has 0 N–H and O–H groups in total. The van der Waals surface area contributed by atoms with Crippen LogP contribution in [-0.2, 0) is 12.8 Å². The Kier molecular flexibility index (Phi) is 11.8. The highest BCUT2D eigenvalue weighted by atomic mass is 15.1. The molecule has 2 heterocycles. The van der Waals surface area contributed by atoms with Crippen LogP contribution in [0.1, 0.15) is 138 Å². The number of hydrogen-bond acceptors (Lipinski definition) is 4. The summed E-state index contributed by atoms with van der Waals surface area (Å²) < 4.78 is 0. The first-order chi connectivity index (χ1) is 20.2. The highest BCUT2D eigenvalue weighted by Crippen LogP contribution is 2.28. The third-order valence-electron chi connectivity index (χ3n) is 8.81. The lowest BCUT2D eigenvalue weighted by Crippen LogP contribution is -2.10. The van der Waals surface area contributed by atoms with Crippen molar-refractivity contribution in [1.82, 2.24) is 20.4 Å². The summed E-state index contributed by atoms with van der Waals surface area (Å²) in [5.74, 6) is 1.78. The molecule has 0 aliphatic carbocycles. The van der Waals surface area contributed by atoms with Crippen LogP contribution in [0.3, 0.4) is 0 Å². The van der Waals surface area contributed by atoms with Crippen molar-refractivity contribution in [1.29, 1.82) is 0 Å². The second kappa shape index (κ2) is 14.9. The topological polar surface area (TPSA) is 51.6 Å². The van der Waals surface area contributed by atoms with E-state index >= 15 is 0 Å². The summed E-state index contributed by atoms with van der Waals surface area (Å²) in [6.07, 6.45) is 1.89. The lowest BCUT2D eigenvalue weighted by molar-refractivity contribution is 0.691. The van der Waals surface area contributed by atoms with E-state index in [4.69, 9.17) is 0 Å². The van der Waals surface area contributed by atoms with Gasteiger partial charge in [-0.2, -0.15) is 20.4 Å². The molecule has 0 amide bonds. The van der Waals surface area contributed by atoms with E-state index < -0.39 is 0 Å². The van der Waals surface area contributed by atoms with Crippen molar-refractivity contribution in [3.8, 4) is 0 Å². The quantitative estimate of drug-likeness (QED) is 0.209. The Balaban J connectivity index is 0.000000236. The highest BCUT2D eigenvalue weighted by Gasteiger charge is 2.17. The Bertz CT molecular complexity index is 1530. The Morgan fingerprint density at radius 3 is 1.42 bits per heavy atom. The molecule has 0 fully saturated rings. The van der Waals surface area contributed by atoms with Crippen molar-refractivity contribution in [3.63, 3.8) is 0 Å². The van der Waals surface area contributed by atoms with Gasteiger partial charge in [-0.15, -0.1) is 0 Å². The van der Waals surface area contributed by atoms with Gasteiger partial charge in [-0.3, -0.25) is 0 Å². The molecule has 4 rings (SSSR count). The summed E-state index contributed by atoms with van der Waals surface area (Å²) in [5, 5.41) is 17.8. The molecule has 2 atom stereocenters. The van der Waals surface area contributed by atoms with Gasteiger partial charge in [0.25, 0.3) is 0 Å². The smallest absolute Gasteiger partial charge is 0.0688 e. The van der Waals surface area contributed by atoms with E-state index in [1.807, 2.05) is 0 Å². The van der Waals surface area contributed by atoms with Gasteiger partial charge in [0.1, 0.15) is 0 Å². The Hall–Kier alpha value is -3.40. The van der Waals surface area contributed by atoms with Crippen LogP contribution in [0.2, 0.25) is 0 Å². The fraction of sp³-hybridized carbons (Fsp3) is 0.487. The second-order valence-corrected chi connectivity index (χ2v) is 13.4. The van der Waals surface area contributed by atoms with Gasteiger partial charge in [0.05, 0.1) is 22.8 Å². The molecule has 4 nitrogen and oxygen atoms in total. The average Bonchev–Trinajstić information content (AvgIpc) is 2.92. The van der Waals surface area contributed by atoms with E-state index in [1.54, 1.807) is 0 Å². The van der Waals surface area contributed by atoms with Crippen molar-refractivity contribution in [2.24, 2.45) is 0 Å². The van der Waals surface area contributed by atoms with Crippen molar-refractivity contribution >= 4 is 0 Å². The Morgan fingerprint density at radius 1 is 0.488 bits per heavy atom. The normalized spacial score (nSPS) is 12.7. The molecule has 4 aromatic rings. The third-order valence-corrected chi connectivity index (χ3v) is 8.81. The minimum absolute atomic E-state index is 0.428. The van der Waals surface area contributed by atoms with Crippen LogP contribution in [0, 0.1) is 48.5 Å². The molecule has 0 spiro atoms. The fourth-order valence-electron chi connectivity index (χ4n) is 5.99. The zero-order valence-electron chi connectivity index (χ0n) is 29.1. The Labute approximate surface area is 261 Å². The maximum absolute atomic E-state index is 4.52. The van der Waals surface area contributed by atoms with E-state index in [-0.39, 0.29) is 0 Å².